The van der Waals surface area contributed by atoms with Gasteiger partial charge in [0.2, 0.25) is 0 Å². The van der Waals surface area contributed by atoms with Gasteiger partial charge in [0, 0.05) is 12.0 Å². The predicted octanol–water partition coefficient (Wildman–Crippen LogP) is 1.85. The summed E-state index contributed by atoms with van der Waals surface area (Å²) in [5.41, 5.74) is 7.58. The normalized spacial score (nSPS) is 17.6. The summed E-state index contributed by atoms with van der Waals surface area (Å²) < 4.78 is 4.81. The highest BCUT2D eigenvalue weighted by molar-refractivity contribution is 5.91. The maximum atomic E-state index is 11.7. The zero-order chi connectivity index (χ0) is 11.6. The number of hydrogen-bond donors (Lipinski definition) is 1. The highest BCUT2D eigenvalue weighted by Crippen LogP contribution is 2.44. The monoisotopic (exact) mass is 219 g/mol. The van der Waals surface area contributed by atoms with Gasteiger partial charge in [-0.2, -0.15) is 0 Å². The fourth-order valence-electron chi connectivity index (χ4n) is 2.42. The second kappa shape index (κ2) is 4.26. The van der Waals surface area contributed by atoms with Crippen molar-refractivity contribution in [2.24, 2.45) is 5.73 Å². The summed E-state index contributed by atoms with van der Waals surface area (Å²) in [5.74, 6) is -0.268. The van der Waals surface area contributed by atoms with E-state index in [-0.39, 0.29) is 11.4 Å². The number of carbonyl (C=O) groups excluding carboxylic acids is 1. The highest BCUT2D eigenvalue weighted by Gasteiger charge is 2.39. The van der Waals surface area contributed by atoms with Crippen molar-refractivity contribution in [1.82, 2.24) is 0 Å². The summed E-state index contributed by atoms with van der Waals surface area (Å²) in [5, 5.41) is 0. The van der Waals surface area contributed by atoms with Crippen molar-refractivity contribution in [2.75, 3.05) is 13.7 Å². The molecule has 1 saturated carbocycles. The minimum atomic E-state index is -0.268. The van der Waals surface area contributed by atoms with Gasteiger partial charge in [-0.05, 0) is 24.5 Å². The van der Waals surface area contributed by atoms with Crippen molar-refractivity contribution >= 4 is 5.97 Å². The zero-order valence-corrected chi connectivity index (χ0v) is 9.53. The van der Waals surface area contributed by atoms with E-state index in [2.05, 4.69) is 0 Å². The second-order valence-corrected chi connectivity index (χ2v) is 4.38. The van der Waals surface area contributed by atoms with Crippen LogP contribution in [0.4, 0.5) is 0 Å². The highest BCUT2D eigenvalue weighted by atomic mass is 16.5. The van der Waals surface area contributed by atoms with E-state index >= 15 is 0 Å². The Morgan fingerprint density at radius 1 is 1.44 bits per heavy atom. The number of rotatable bonds is 3. The lowest BCUT2D eigenvalue weighted by atomic mass is 9.63. The molecule has 1 aliphatic carbocycles. The van der Waals surface area contributed by atoms with Crippen molar-refractivity contribution in [3.8, 4) is 0 Å². The molecule has 1 aliphatic rings. The number of methoxy groups -OCH3 is 1. The molecule has 0 atom stereocenters. The number of hydrogen-bond acceptors (Lipinski definition) is 3. The number of carbonyl (C=O) groups is 1. The topological polar surface area (TPSA) is 52.3 Å². The lowest BCUT2D eigenvalue weighted by Gasteiger charge is -2.42. The van der Waals surface area contributed by atoms with E-state index in [9.17, 15) is 4.79 Å². The lowest BCUT2D eigenvalue weighted by molar-refractivity contribution is 0.0595. The van der Waals surface area contributed by atoms with Crippen LogP contribution in [0, 0.1) is 0 Å². The molecule has 0 aromatic heterocycles. The van der Waals surface area contributed by atoms with E-state index in [1.807, 2.05) is 24.3 Å². The van der Waals surface area contributed by atoms with Gasteiger partial charge in [-0.3, -0.25) is 0 Å². The Kier molecular flexibility index (Phi) is 2.97. The summed E-state index contributed by atoms with van der Waals surface area (Å²) >= 11 is 0. The van der Waals surface area contributed by atoms with E-state index in [0.717, 1.165) is 18.4 Å². The molecule has 1 aromatic carbocycles. The Morgan fingerprint density at radius 2 is 2.12 bits per heavy atom. The first-order chi connectivity index (χ1) is 7.73. The molecule has 3 nitrogen and oxygen atoms in total. The summed E-state index contributed by atoms with van der Waals surface area (Å²) in [6.45, 7) is 0.598. The molecule has 0 unspecified atom stereocenters. The number of nitrogens with two attached hydrogens (primary N) is 1. The molecule has 2 N–H and O–H groups in total. The quantitative estimate of drug-likeness (QED) is 0.789. The molecule has 0 aliphatic heterocycles. The van der Waals surface area contributed by atoms with Crippen LogP contribution < -0.4 is 5.73 Å². The maximum Gasteiger partial charge on any atom is 0.338 e. The molecular weight excluding hydrogens is 202 g/mol. The van der Waals surface area contributed by atoms with Gasteiger partial charge >= 0.3 is 5.97 Å². The molecule has 1 fully saturated rings. The van der Waals surface area contributed by atoms with Crippen LogP contribution in [0.2, 0.25) is 0 Å². The molecule has 86 valence electrons. The fourth-order valence-corrected chi connectivity index (χ4v) is 2.42. The Hall–Kier alpha value is -1.35. The minimum Gasteiger partial charge on any atom is -0.465 e. The Morgan fingerprint density at radius 3 is 2.62 bits per heavy atom. The molecule has 0 amide bonds. The first-order valence-corrected chi connectivity index (χ1v) is 5.61. The van der Waals surface area contributed by atoms with E-state index in [1.54, 1.807) is 0 Å². The van der Waals surface area contributed by atoms with Crippen molar-refractivity contribution in [3.63, 3.8) is 0 Å². The molecule has 1 aromatic rings. The van der Waals surface area contributed by atoms with Crippen LogP contribution in [0.25, 0.3) is 0 Å². The van der Waals surface area contributed by atoms with Crippen LogP contribution in [-0.4, -0.2) is 19.6 Å². The van der Waals surface area contributed by atoms with E-state index in [4.69, 9.17) is 10.5 Å². The van der Waals surface area contributed by atoms with Gasteiger partial charge in [0.25, 0.3) is 0 Å². The Balaban J connectivity index is 2.43. The van der Waals surface area contributed by atoms with Crippen LogP contribution in [-0.2, 0) is 10.2 Å². The zero-order valence-electron chi connectivity index (χ0n) is 9.53. The maximum absolute atomic E-state index is 11.7. The van der Waals surface area contributed by atoms with E-state index < -0.39 is 0 Å². The number of ether oxygens (including phenoxy) is 1. The fraction of sp³-hybridized carbons (Fsp3) is 0.462. The van der Waals surface area contributed by atoms with E-state index in [1.165, 1.54) is 13.5 Å². The summed E-state index contributed by atoms with van der Waals surface area (Å²) in [6, 6.07) is 7.63. The van der Waals surface area contributed by atoms with E-state index in [0.29, 0.717) is 12.1 Å². The van der Waals surface area contributed by atoms with Crippen LogP contribution >= 0.6 is 0 Å². The first-order valence-electron chi connectivity index (χ1n) is 5.61. The average Bonchev–Trinajstić information content (AvgIpc) is 2.28. The Labute approximate surface area is 95.6 Å². The largest absolute Gasteiger partial charge is 0.465 e. The molecule has 0 heterocycles. The standard InChI is InChI=1S/C13H17NO2/c1-16-12(15)10-5-2-3-6-11(10)13(9-14)7-4-8-13/h2-3,5-6H,4,7-9,14H2,1H3. The van der Waals surface area contributed by atoms with Gasteiger partial charge in [0.15, 0.2) is 0 Å². The van der Waals surface area contributed by atoms with Crippen LogP contribution in [0.1, 0.15) is 35.2 Å². The third-order valence-corrected chi connectivity index (χ3v) is 3.61. The molecule has 0 spiro atoms. The third kappa shape index (κ3) is 1.61. The van der Waals surface area contributed by atoms with Gasteiger partial charge in [-0.1, -0.05) is 24.6 Å². The lowest BCUT2D eigenvalue weighted by Crippen LogP contribution is -2.42. The molecule has 2 rings (SSSR count). The van der Waals surface area contributed by atoms with Crippen molar-refractivity contribution in [1.29, 1.82) is 0 Å². The van der Waals surface area contributed by atoms with Crippen molar-refractivity contribution in [3.05, 3.63) is 35.4 Å². The molecule has 3 heteroatoms. The van der Waals surface area contributed by atoms with Crippen LogP contribution in [0.5, 0.6) is 0 Å². The molecule has 0 bridgehead atoms. The minimum absolute atomic E-state index is 0.00475. The number of esters is 1. The summed E-state index contributed by atoms with van der Waals surface area (Å²) in [6.07, 6.45) is 3.32. The van der Waals surface area contributed by atoms with Crippen molar-refractivity contribution < 1.29 is 9.53 Å². The molecule has 0 radical (unpaired) electrons. The van der Waals surface area contributed by atoms with Crippen LogP contribution in [0.3, 0.4) is 0 Å². The van der Waals surface area contributed by atoms with Crippen LogP contribution in [0.15, 0.2) is 24.3 Å². The third-order valence-electron chi connectivity index (χ3n) is 3.61. The van der Waals surface area contributed by atoms with Gasteiger partial charge < -0.3 is 10.5 Å². The SMILES string of the molecule is COC(=O)c1ccccc1C1(CN)CCC1. The van der Waals surface area contributed by atoms with Gasteiger partial charge in [-0.15, -0.1) is 0 Å². The molecular formula is C13H17NO2. The van der Waals surface area contributed by atoms with Gasteiger partial charge in [-0.25, -0.2) is 4.79 Å². The Bertz CT molecular complexity index is 391. The predicted molar refractivity (Wildman–Crippen MR) is 62.4 cm³/mol. The van der Waals surface area contributed by atoms with Gasteiger partial charge in [0.1, 0.15) is 0 Å². The summed E-state index contributed by atoms with van der Waals surface area (Å²) in [7, 11) is 1.41. The number of benzene rings is 1. The van der Waals surface area contributed by atoms with Gasteiger partial charge in [0.05, 0.1) is 12.7 Å². The molecule has 0 saturated heterocycles. The average molecular weight is 219 g/mol. The second-order valence-electron chi connectivity index (χ2n) is 4.38. The summed E-state index contributed by atoms with van der Waals surface area (Å²) in [4.78, 5) is 11.7. The molecule has 16 heavy (non-hydrogen) atoms. The first kappa shape index (κ1) is 11.1. The smallest absolute Gasteiger partial charge is 0.338 e. The van der Waals surface area contributed by atoms with Crippen molar-refractivity contribution in [2.45, 2.75) is 24.7 Å².